The SMILES string of the molecule is CCCOc1ccc(S(=O)(=O)N2CCC([C@@H](O)CO[N+](=O)[O-])CC2)cc1-c1nc2c(CCC)cn(C)c2c(=O)[nH]1. The van der Waals surface area contributed by atoms with Gasteiger partial charge in [-0.2, -0.15) is 4.31 Å². The van der Waals surface area contributed by atoms with Crippen LogP contribution in [0.25, 0.3) is 22.4 Å². The number of hydrogen-bond donors (Lipinski definition) is 2. The highest BCUT2D eigenvalue weighted by Gasteiger charge is 2.33. The fourth-order valence-electron chi connectivity index (χ4n) is 5.07. The van der Waals surface area contributed by atoms with Gasteiger partial charge >= 0.3 is 0 Å². The summed E-state index contributed by atoms with van der Waals surface area (Å²) in [6.07, 6.45) is 3.82. The maximum absolute atomic E-state index is 13.6. The number of nitrogens with one attached hydrogen (secondary N) is 1. The lowest BCUT2D eigenvalue weighted by molar-refractivity contribution is -0.759. The van der Waals surface area contributed by atoms with Crippen molar-refractivity contribution >= 4 is 21.1 Å². The van der Waals surface area contributed by atoms with Crippen molar-refractivity contribution in [3.8, 4) is 17.1 Å². The van der Waals surface area contributed by atoms with Gasteiger partial charge in [-0.25, -0.2) is 13.4 Å². The van der Waals surface area contributed by atoms with E-state index in [0.717, 1.165) is 24.8 Å². The van der Waals surface area contributed by atoms with Gasteiger partial charge in [-0.3, -0.25) is 4.79 Å². The third-order valence-corrected chi connectivity index (χ3v) is 9.01. The number of hydrogen-bond acceptors (Lipinski definition) is 9. The summed E-state index contributed by atoms with van der Waals surface area (Å²) in [7, 11) is -2.15. The summed E-state index contributed by atoms with van der Waals surface area (Å²) in [6, 6.07) is 4.52. The molecule has 13 nitrogen and oxygen atoms in total. The van der Waals surface area contributed by atoms with Gasteiger partial charge in [0.05, 0.1) is 28.7 Å². The van der Waals surface area contributed by atoms with Crippen LogP contribution in [0.4, 0.5) is 0 Å². The smallest absolute Gasteiger partial charge is 0.294 e. The molecular weight excluding hydrogens is 542 g/mol. The fraction of sp³-hybridized carbons (Fsp3) is 0.538. The van der Waals surface area contributed by atoms with Gasteiger partial charge in [-0.05, 0) is 55.4 Å². The Bertz CT molecular complexity index is 1530. The van der Waals surface area contributed by atoms with Crippen molar-refractivity contribution in [1.82, 2.24) is 18.8 Å². The molecule has 3 heterocycles. The molecule has 0 bridgehead atoms. The van der Waals surface area contributed by atoms with Crippen LogP contribution < -0.4 is 10.3 Å². The number of rotatable bonds is 12. The van der Waals surface area contributed by atoms with Crippen molar-refractivity contribution < 1.29 is 28.2 Å². The van der Waals surface area contributed by atoms with E-state index >= 15 is 0 Å². The second-order valence-corrected chi connectivity index (χ2v) is 11.9. The van der Waals surface area contributed by atoms with Crippen LogP contribution in [-0.2, 0) is 28.3 Å². The van der Waals surface area contributed by atoms with E-state index in [4.69, 9.17) is 9.72 Å². The maximum atomic E-state index is 13.6. The molecule has 0 saturated carbocycles. The average Bonchev–Trinajstić information content (AvgIpc) is 3.25. The molecule has 40 heavy (non-hydrogen) atoms. The van der Waals surface area contributed by atoms with Crippen molar-refractivity contribution in [2.45, 2.75) is 57.0 Å². The number of sulfonamides is 1. The number of fused-ring (bicyclic) bond motifs is 1. The van der Waals surface area contributed by atoms with Crippen molar-refractivity contribution in [3.05, 3.63) is 50.4 Å². The third kappa shape index (κ3) is 6.13. The van der Waals surface area contributed by atoms with Gasteiger partial charge in [0.1, 0.15) is 23.7 Å². The molecule has 1 atom stereocenters. The van der Waals surface area contributed by atoms with E-state index in [1.165, 1.54) is 16.4 Å². The minimum atomic E-state index is -3.94. The van der Waals surface area contributed by atoms with Gasteiger partial charge in [-0.1, -0.05) is 20.3 Å². The Morgan fingerprint density at radius 3 is 2.62 bits per heavy atom. The zero-order valence-corrected chi connectivity index (χ0v) is 23.6. The van der Waals surface area contributed by atoms with Gasteiger partial charge < -0.3 is 24.2 Å². The van der Waals surface area contributed by atoms with Gasteiger partial charge in [0.25, 0.3) is 10.6 Å². The molecule has 1 saturated heterocycles. The van der Waals surface area contributed by atoms with Gasteiger partial charge in [0.2, 0.25) is 10.0 Å². The van der Waals surface area contributed by atoms with Crippen LogP contribution in [0.3, 0.4) is 0 Å². The standard InChI is InChI=1S/C26H35N5O8S/c1-4-6-18-15-29(3)24-23(18)27-25(28-26(24)33)20-14-19(7-8-22(20)38-13-5-2)40(36,37)30-11-9-17(10-12-30)21(32)16-39-31(34)35/h7-8,14-15,17,21,32H,4-6,9-13,16H2,1-3H3,(H,27,28,33)/t21-/m0/s1. The van der Waals surface area contributed by atoms with E-state index in [2.05, 4.69) is 9.82 Å². The Hall–Kier alpha value is -3.49. The maximum Gasteiger partial charge on any atom is 0.294 e. The first-order valence-corrected chi connectivity index (χ1v) is 14.8. The lowest BCUT2D eigenvalue weighted by Gasteiger charge is -2.33. The molecule has 0 amide bonds. The number of H-pyrrole nitrogens is 1. The number of aliphatic hydroxyl groups is 1. The summed E-state index contributed by atoms with van der Waals surface area (Å²) in [4.78, 5) is 35.4. The molecule has 2 N–H and O–H groups in total. The van der Waals surface area contributed by atoms with E-state index in [0.29, 0.717) is 41.8 Å². The fourth-order valence-corrected chi connectivity index (χ4v) is 6.57. The van der Waals surface area contributed by atoms with Crippen LogP contribution >= 0.6 is 0 Å². The van der Waals surface area contributed by atoms with Crippen LogP contribution in [0.15, 0.2) is 34.1 Å². The van der Waals surface area contributed by atoms with Crippen LogP contribution in [0.2, 0.25) is 0 Å². The normalized spacial score (nSPS) is 15.8. The second-order valence-electron chi connectivity index (χ2n) is 9.96. The number of aromatic amines is 1. The predicted octanol–water partition coefficient (Wildman–Crippen LogP) is 2.64. The van der Waals surface area contributed by atoms with Crippen LogP contribution in [0.5, 0.6) is 5.75 Å². The first kappa shape index (κ1) is 29.5. The molecule has 2 aromatic heterocycles. The lowest BCUT2D eigenvalue weighted by atomic mass is 9.93. The minimum Gasteiger partial charge on any atom is -0.493 e. The number of aryl methyl sites for hydroxylation is 2. The molecule has 0 spiro atoms. The van der Waals surface area contributed by atoms with Crippen molar-refractivity contribution in [2.24, 2.45) is 13.0 Å². The molecule has 1 aliphatic heterocycles. The van der Waals surface area contributed by atoms with E-state index in [-0.39, 0.29) is 35.3 Å². The van der Waals surface area contributed by atoms with E-state index < -0.39 is 27.8 Å². The molecule has 218 valence electrons. The summed E-state index contributed by atoms with van der Waals surface area (Å²) in [5.74, 6) is 0.302. The topological polar surface area (TPSA) is 170 Å². The predicted molar refractivity (Wildman–Crippen MR) is 147 cm³/mol. The highest BCUT2D eigenvalue weighted by atomic mass is 32.2. The quantitative estimate of drug-likeness (QED) is 0.243. The largest absolute Gasteiger partial charge is 0.493 e. The molecule has 14 heteroatoms. The van der Waals surface area contributed by atoms with Crippen molar-refractivity contribution in [1.29, 1.82) is 0 Å². The second kappa shape index (κ2) is 12.4. The molecule has 0 aliphatic carbocycles. The summed E-state index contributed by atoms with van der Waals surface area (Å²) >= 11 is 0. The van der Waals surface area contributed by atoms with Crippen LogP contribution in [0, 0.1) is 16.0 Å². The Balaban J connectivity index is 1.67. The summed E-state index contributed by atoms with van der Waals surface area (Å²) in [6.45, 7) is 4.21. The molecule has 0 unspecified atom stereocenters. The van der Waals surface area contributed by atoms with Crippen molar-refractivity contribution in [3.63, 3.8) is 0 Å². The Kier molecular flexibility index (Phi) is 9.11. The van der Waals surface area contributed by atoms with E-state index in [1.54, 1.807) is 17.7 Å². The molecule has 3 aromatic rings. The van der Waals surface area contributed by atoms with Gasteiger partial charge in [0, 0.05) is 26.3 Å². The van der Waals surface area contributed by atoms with Crippen LogP contribution in [0.1, 0.15) is 45.1 Å². The third-order valence-electron chi connectivity index (χ3n) is 7.12. The van der Waals surface area contributed by atoms with Gasteiger partial charge in [0.15, 0.2) is 0 Å². The zero-order chi connectivity index (χ0) is 29.0. The number of ether oxygens (including phenoxy) is 1. The molecule has 4 rings (SSSR count). The van der Waals surface area contributed by atoms with Crippen LogP contribution in [-0.4, -0.2) is 69.9 Å². The number of benzene rings is 1. The Labute approximate surface area is 231 Å². The van der Waals surface area contributed by atoms with Crippen molar-refractivity contribution in [2.75, 3.05) is 26.3 Å². The monoisotopic (exact) mass is 577 g/mol. The number of piperidine rings is 1. The summed E-state index contributed by atoms with van der Waals surface area (Å²) < 4.78 is 36.2. The molecule has 0 radical (unpaired) electrons. The zero-order valence-electron chi connectivity index (χ0n) is 22.8. The Morgan fingerprint density at radius 1 is 1.25 bits per heavy atom. The number of aliphatic hydroxyl groups excluding tert-OH is 1. The molecule has 1 fully saturated rings. The first-order chi connectivity index (χ1) is 19.1. The first-order valence-electron chi connectivity index (χ1n) is 13.4. The molecule has 1 aliphatic rings. The highest BCUT2D eigenvalue weighted by Crippen LogP contribution is 2.34. The summed E-state index contributed by atoms with van der Waals surface area (Å²) in [5, 5.41) is 19.7. The molecule has 1 aromatic carbocycles. The molecular formula is C26H35N5O8S. The van der Waals surface area contributed by atoms with E-state index in [1.807, 2.05) is 20.0 Å². The van der Waals surface area contributed by atoms with E-state index in [9.17, 15) is 28.4 Å². The Morgan fingerprint density at radius 2 is 1.98 bits per heavy atom. The summed E-state index contributed by atoms with van der Waals surface area (Å²) in [5.41, 5.74) is 1.98. The lowest BCUT2D eigenvalue weighted by Crippen LogP contribution is -2.42. The average molecular weight is 578 g/mol. The number of aromatic nitrogens is 3. The highest BCUT2D eigenvalue weighted by molar-refractivity contribution is 7.89. The number of nitrogens with zero attached hydrogens (tertiary/aromatic N) is 4. The minimum absolute atomic E-state index is 0.0200. The van der Waals surface area contributed by atoms with Gasteiger partial charge in [-0.15, -0.1) is 10.1 Å².